The van der Waals surface area contributed by atoms with E-state index >= 15 is 0 Å². The predicted molar refractivity (Wildman–Crippen MR) is 62.6 cm³/mol. The molecule has 0 heterocycles. The first kappa shape index (κ1) is 15.8. The summed E-state index contributed by atoms with van der Waals surface area (Å²) >= 11 is 0. The van der Waals surface area contributed by atoms with Crippen LogP contribution >= 0.6 is 0 Å². The average molecular weight is 235 g/mol. The van der Waals surface area contributed by atoms with Gasteiger partial charge in [0.15, 0.2) is 0 Å². The summed E-state index contributed by atoms with van der Waals surface area (Å²) in [5, 5.41) is 0. The Labute approximate surface area is 98.2 Å². The van der Waals surface area contributed by atoms with Gasteiger partial charge in [0, 0.05) is 20.8 Å². The summed E-state index contributed by atoms with van der Waals surface area (Å²) in [6.07, 6.45) is 0.911. The molecular weight excluding hydrogens is 210 g/mol. The minimum absolute atomic E-state index is 0.0547. The van der Waals surface area contributed by atoms with E-state index in [9.17, 15) is 0 Å². The van der Waals surface area contributed by atoms with Crippen molar-refractivity contribution in [3.05, 3.63) is 0 Å². The van der Waals surface area contributed by atoms with Crippen LogP contribution in [0.1, 0.15) is 13.3 Å². The fourth-order valence-electron chi connectivity index (χ4n) is 1.23. The summed E-state index contributed by atoms with van der Waals surface area (Å²) in [5.74, 6) is 0. The molecule has 98 valence electrons. The third kappa shape index (κ3) is 8.01. The lowest BCUT2D eigenvalue weighted by atomic mass is 10.3. The highest BCUT2D eigenvalue weighted by Crippen LogP contribution is 2.04. The Bertz CT molecular complexity index is 146. The van der Waals surface area contributed by atoms with Gasteiger partial charge >= 0.3 is 0 Å². The maximum Gasteiger partial charge on any atom is 0.0935 e. The van der Waals surface area contributed by atoms with Crippen molar-refractivity contribution in [2.24, 2.45) is 5.73 Å². The van der Waals surface area contributed by atoms with Crippen LogP contribution < -0.4 is 5.73 Å². The van der Waals surface area contributed by atoms with Gasteiger partial charge in [-0.05, 0) is 6.42 Å². The van der Waals surface area contributed by atoms with E-state index in [-0.39, 0.29) is 12.2 Å². The second-order valence-corrected chi connectivity index (χ2v) is 3.55. The standard InChI is InChI=1S/C11H25NO4/c1-4-10(9-15-6-5-13-2)16-11(7-12)8-14-3/h10-11H,4-9,12H2,1-3H3. The number of hydrogen-bond acceptors (Lipinski definition) is 5. The van der Waals surface area contributed by atoms with Gasteiger partial charge < -0.3 is 24.7 Å². The monoisotopic (exact) mass is 235 g/mol. The summed E-state index contributed by atoms with van der Waals surface area (Å²) in [6.45, 7) is 4.81. The van der Waals surface area contributed by atoms with Crippen molar-refractivity contribution in [2.75, 3.05) is 47.2 Å². The van der Waals surface area contributed by atoms with Gasteiger partial charge in [0.05, 0.1) is 38.6 Å². The third-order valence-electron chi connectivity index (χ3n) is 2.19. The molecule has 0 radical (unpaired) electrons. The van der Waals surface area contributed by atoms with Crippen LogP contribution in [0.4, 0.5) is 0 Å². The van der Waals surface area contributed by atoms with Crippen molar-refractivity contribution < 1.29 is 18.9 Å². The predicted octanol–water partition coefficient (Wildman–Crippen LogP) is 0.418. The molecule has 2 unspecified atom stereocenters. The van der Waals surface area contributed by atoms with Gasteiger partial charge in [-0.1, -0.05) is 6.92 Å². The third-order valence-corrected chi connectivity index (χ3v) is 2.19. The van der Waals surface area contributed by atoms with E-state index in [0.717, 1.165) is 6.42 Å². The molecule has 5 heteroatoms. The second kappa shape index (κ2) is 11.3. The van der Waals surface area contributed by atoms with Gasteiger partial charge in [-0.25, -0.2) is 0 Å². The molecule has 0 aromatic rings. The second-order valence-electron chi connectivity index (χ2n) is 3.55. The first-order valence-electron chi connectivity index (χ1n) is 5.69. The number of hydrogen-bond donors (Lipinski definition) is 1. The van der Waals surface area contributed by atoms with Crippen LogP contribution in [0.3, 0.4) is 0 Å². The lowest BCUT2D eigenvalue weighted by molar-refractivity contribution is -0.0804. The zero-order valence-corrected chi connectivity index (χ0v) is 10.6. The topological polar surface area (TPSA) is 62.9 Å². The Hall–Kier alpha value is -0.200. The van der Waals surface area contributed by atoms with Gasteiger partial charge in [0.2, 0.25) is 0 Å². The zero-order chi connectivity index (χ0) is 12.2. The number of rotatable bonds is 11. The van der Waals surface area contributed by atoms with E-state index in [1.807, 2.05) is 0 Å². The maximum absolute atomic E-state index is 5.75. The van der Waals surface area contributed by atoms with E-state index in [0.29, 0.717) is 33.0 Å². The molecule has 0 bridgehead atoms. The van der Waals surface area contributed by atoms with Gasteiger partial charge in [-0.2, -0.15) is 0 Å². The van der Waals surface area contributed by atoms with Gasteiger partial charge in [0.1, 0.15) is 0 Å². The molecule has 0 saturated heterocycles. The summed E-state index contributed by atoms with van der Waals surface area (Å²) < 4.78 is 21.1. The van der Waals surface area contributed by atoms with Crippen molar-refractivity contribution >= 4 is 0 Å². The fraction of sp³-hybridized carbons (Fsp3) is 1.00. The minimum Gasteiger partial charge on any atom is -0.382 e. The molecule has 0 spiro atoms. The lowest BCUT2D eigenvalue weighted by Gasteiger charge is -2.22. The molecule has 5 nitrogen and oxygen atoms in total. The molecule has 0 saturated carbocycles. The first-order chi connectivity index (χ1) is 7.78. The highest BCUT2D eigenvalue weighted by Gasteiger charge is 2.14. The van der Waals surface area contributed by atoms with Crippen LogP contribution in [0.5, 0.6) is 0 Å². The molecule has 2 atom stereocenters. The van der Waals surface area contributed by atoms with Crippen molar-refractivity contribution in [2.45, 2.75) is 25.6 Å². The Morgan fingerprint density at radius 1 is 1.00 bits per heavy atom. The van der Waals surface area contributed by atoms with Crippen LogP contribution in [0, 0.1) is 0 Å². The van der Waals surface area contributed by atoms with Crippen molar-refractivity contribution in [3.8, 4) is 0 Å². The molecule has 0 aromatic heterocycles. The van der Waals surface area contributed by atoms with E-state index < -0.39 is 0 Å². The van der Waals surface area contributed by atoms with Crippen LogP contribution in [0.15, 0.2) is 0 Å². The summed E-state index contributed by atoms with van der Waals surface area (Å²) in [4.78, 5) is 0. The fourth-order valence-corrected chi connectivity index (χ4v) is 1.23. The van der Waals surface area contributed by atoms with Crippen molar-refractivity contribution in [3.63, 3.8) is 0 Å². The summed E-state index contributed by atoms with van der Waals surface area (Å²) in [7, 11) is 3.29. The first-order valence-corrected chi connectivity index (χ1v) is 5.69. The van der Waals surface area contributed by atoms with E-state index in [2.05, 4.69) is 6.92 Å². The van der Waals surface area contributed by atoms with E-state index in [4.69, 9.17) is 24.7 Å². The zero-order valence-electron chi connectivity index (χ0n) is 10.6. The molecule has 0 aliphatic carbocycles. The number of nitrogens with two attached hydrogens (primary N) is 1. The van der Waals surface area contributed by atoms with E-state index in [1.165, 1.54) is 0 Å². The van der Waals surface area contributed by atoms with E-state index in [1.54, 1.807) is 14.2 Å². The largest absolute Gasteiger partial charge is 0.382 e. The van der Waals surface area contributed by atoms with Crippen LogP contribution in [0.25, 0.3) is 0 Å². The van der Waals surface area contributed by atoms with Gasteiger partial charge in [0.25, 0.3) is 0 Å². The number of methoxy groups -OCH3 is 2. The van der Waals surface area contributed by atoms with Crippen molar-refractivity contribution in [1.82, 2.24) is 0 Å². The van der Waals surface area contributed by atoms with Crippen molar-refractivity contribution in [1.29, 1.82) is 0 Å². The van der Waals surface area contributed by atoms with Crippen LogP contribution in [0.2, 0.25) is 0 Å². The highest BCUT2D eigenvalue weighted by molar-refractivity contribution is 4.62. The smallest absolute Gasteiger partial charge is 0.0935 e. The Morgan fingerprint density at radius 3 is 2.25 bits per heavy atom. The molecule has 0 aliphatic rings. The van der Waals surface area contributed by atoms with Gasteiger partial charge in [-0.3, -0.25) is 0 Å². The van der Waals surface area contributed by atoms with Crippen LogP contribution in [-0.4, -0.2) is 59.4 Å². The molecule has 0 aromatic carbocycles. The average Bonchev–Trinajstić information content (AvgIpc) is 2.31. The van der Waals surface area contributed by atoms with Crippen LogP contribution in [-0.2, 0) is 18.9 Å². The molecule has 2 N–H and O–H groups in total. The van der Waals surface area contributed by atoms with Gasteiger partial charge in [-0.15, -0.1) is 0 Å². The molecule has 0 amide bonds. The molecule has 0 rings (SSSR count). The Morgan fingerprint density at radius 2 is 1.75 bits per heavy atom. The Kier molecular flexibility index (Phi) is 11.1. The SMILES string of the molecule is CCC(COCCOC)OC(CN)COC. The lowest BCUT2D eigenvalue weighted by Crippen LogP contribution is -2.34. The molecule has 0 fully saturated rings. The summed E-state index contributed by atoms with van der Waals surface area (Å²) in [6, 6.07) is 0. The quantitative estimate of drug-likeness (QED) is 0.526. The number of ether oxygens (including phenoxy) is 4. The highest BCUT2D eigenvalue weighted by atomic mass is 16.6. The molecular formula is C11H25NO4. The maximum atomic E-state index is 5.75. The normalized spacial score (nSPS) is 15.0. The summed E-state index contributed by atoms with van der Waals surface area (Å²) in [5.41, 5.74) is 5.57. The molecule has 0 aliphatic heterocycles. The molecule has 16 heavy (non-hydrogen) atoms. The Balaban J connectivity index is 3.70. The minimum atomic E-state index is -0.0547.